The van der Waals surface area contributed by atoms with Crippen LogP contribution in [0.25, 0.3) is 22.4 Å². The molecule has 0 saturated carbocycles. The van der Waals surface area contributed by atoms with Gasteiger partial charge in [0.05, 0.1) is 28.8 Å². The largest absolute Gasteiger partial charge is 0.364 e. The van der Waals surface area contributed by atoms with Crippen molar-refractivity contribution in [2.75, 3.05) is 5.32 Å². The first-order chi connectivity index (χ1) is 12.7. The molecule has 7 nitrogen and oxygen atoms in total. The minimum Gasteiger partial charge on any atom is -0.364 e. The predicted octanol–water partition coefficient (Wildman–Crippen LogP) is 3.45. The number of pyridine rings is 1. The highest BCUT2D eigenvalue weighted by molar-refractivity contribution is 7.09. The zero-order valence-corrected chi connectivity index (χ0v) is 15.5. The van der Waals surface area contributed by atoms with E-state index in [1.54, 1.807) is 34.6 Å². The smallest absolute Gasteiger partial charge is 0.165 e. The fraction of sp³-hybridized carbons (Fsp3) is 0.278. The molecule has 0 bridgehead atoms. The van der Waals surface area contributed by atoms with Gasteiger partial charge in [-0.25, -0.2) is 15.0 Å². The number of anilines is 1. The number of hydrogen-bond acceptors (Lipinski definition) is 7. The van der Waals surface area contributed by atoms with Crippen LogP contribution in [0, 0.1) is 0 Å². The van der Waals surface area contributed by atoms with Crippen LogP contribution < -0.4 is 5.32 Å². The van der Waals surface area contributed by atoms with Gasteiger partial charge >= 0.3 is 0 Å². The summed E-state index contributed by atoms with van der Waals surface area (Å²) in [4.78, 5) is 18.2. The minimum atomic E-state index is 0.619. The van der Waals surface area contributed by atoms with Crippen molar-refractivity contribution in [3.05, 3.63) is 46.8 Å². The molecule has 8 heteroatoms. The van der Waals surface area contributed by atoms with Crippen LogP contribution in [-0.4, -0.2) is 29.7 Å². The Kier molecular flexibility index (Phi) is 4.57. The number of nitrogens with zero attached hydrogens (tertiary/aromatic N) is 6. The standard InChI is InChI=1S/C18H19N7S/c1-3-5-15-22-13(11-26-15)9-20-17-14-10-21-25(2)18(14)24-16(23-17)12-6-4-7-19-8-12/h4,6-8,10-11H,3,5,9H2,1-2H3,(H,20,23,24). The molecule has 0 fully saturated rings. The Morgan fingerprint density at radius 3 is 2.92 bits per heavy atom. The summed E-state index contributed by atoms with van der Waals surface area (Å²) in [7, 11) is 1.88. The average Bonchev–Trinajstić information content (AvgIpc) is 3.28. The van der Waals surface area contributed by atoms with Gasteiger partial charge in [-0.3, -0.25) is 9.67 Å². The van der Waals surface area contributed by atoms with Crippen LogP contribution in [0.15, 0.2) is 36.1 Å². The summed E-state index contributed by atoms with van der Waals surface area (Å²) < 4.78 is 1.75. The molecule has 4 heterocycles. The van der Waals surface area contributed by atoms with E-state index in [9.17, 15) is 0 Å². The van der Waals surface area contributed by atoms with Gasteiger partial charge < -0.3 is 5.32 Å². The van der Waals surface area contributed by atoms with Crippen LogP contribution in [0.1, 0.15) is 24.0 Å². The molecule has 0 atom stereocenters. The Hall–Kier alpha value is -2.87. The van der Waals surface area contributed by atoms with Gasteiger partial charge in [0.2, 0.25) is 0 Å². The molecule has 0 aliphatic heterocycles. The maximum absolute atomic E-state index is 4.70. The van der Waals surface area contributed by atoms with Gasteiger partial charge in [0.15, 0.2) is 11.5 Å². The van der Waals surface area contributed by atoms with Gasteiger partial charge in [0.25, 0.3) is 0 Å². The zero-order valence-electron chi connectivity index (χ0n) is 14.7. The lowest BCUT2D eigenvalue weighted by atomic mass is 10.2. The number of aromatic nitrogens is 6. The topological polar surface area (TPSA) is 81.4 Å². The summed E-state index contributed by atoms with van der Waals surface area (Å²) in [6.45, 7) is 2.78. The number of rotatable bonds is 6. The highest BCUT2D eigenvalue weighted by Crippen LogP contribution is 2.24. The van der Waals surface area contributed by atoms with E-state index in [2.05, 4.69) is 37.7 Å². The third kappa shape index (κ3) is 3.28. The lowest BCUT2D eigenvalue weighted by molar-refractivity contribution is 0.786. The first-order valence-electron chi connectivity index (χ1n) is 8.52. The molecular weight excluding hydrogens is 346 g/mol. The summed E-state index contributed by atoms with van der Waals surface area (Å²) in [5.41, 5.74) is 2.68. The Morgan fingerprint density at radius 1 is 1.19 bits per heavy atom. The van der Waals surface area contributed by atoms with Crippen molar-refractivity contribution >= 4 is 28.2 Å². The molecule has 0 amide bonds. The Bertz CT molecular complexity index is 1020. The second-order valence-corrected chi connectivity index (χ2v) is 6.92. The van der Waals surface area contributed by atoms with Crippen molar-refractivity contribution in [3.8, 4) is 11.4 Å². The van der Waals surface area contributed by atoms with Gasteiger partial charge in [0, 0.05) is 30.4 Å². The quantitative estimate of drug-likeness (QED) is 0.564. The monoisotopic (exact) mass is 365 g/mol. The molecule has 0 aliphatic carbocycles. The molecule has 0 radical (unpaired) electrons. The highest BCUT2D eigenvalue weighted by Gasteiger charge is 2.13. The van der Waals surface area contributed by atoms with E-state index < -0.39 is 0 Å². The molecule has 132 valence electrons. The van der Waals surface area contributed by atoms with Crippen molar-refractivity contribution in [1.82, 2.24) is 29.7 Å². The van der Waals surface area contributed by atoms with E-state index >= 15 is 0 Å². The van der Waals surface area contributed by atoms with Crippen molar-refractivity contribution in [2.45, 2.75) is 26.3 Å². The number of fused-ring (bicyclic) bond motifs is 1. The summed E-state index contributed by atoms with van der Waals surface area (Å²) in [6, 6.07) is 3.83. The number of nitrogens with one attached hydrogen (secondary N) is 1. The molecule has 4 aromatic heterocycles. The Balaban J connectivity index is 1.66. The molecular formula is C18H19N7S. The van der Waals surface area contributed by atoms with E-state index in [1.807, 2.05) is 19.2 Å². The SMILES string of the molecule is CCCc1nc(CNc2nc(-c3cccnc3)nc3c2cnn3C)cs1. The lowest BCUT2D eigenvalue weighted by Crippen LogP contribution is -2.05. The van der Waals surface area contributed by atoms with Gasteiger partial charge in [-0.05, 0) is 25.0 Å². The molecule has 0 aromatic carbocycles. The molecule has 0 unspecified atom stereocenters. The molecule has 26 heavy (non-hydrogen) atoms. The second-order valence-electron chi connectivity index (χ2n) is 5.98. The third-order valence-corrected chi connectivity index (χ3v) is 4.97. The van der Waals surface area contributed by atoms with Crippen molar-refractivity contribution in [2.24, 2.45) is 7.05 Å². The van der Waals surface area contributed by atoms with Crippen LogP contribution in [0.4, 0.5) is 5.82 Å². The van der Waals surface area contributed by atoms with Gasteiger partial charge in [-0.15, -0.1) is 11.3 Å². The fourth-order valence-corrected chi connectivity index (χ4v) is 3.61. The molecule has 0 aliphatic rings. The van der Waals surface area contributed by atoms with Crippen molar-refractivity contribution in [1.29, 1.82) is 0 Å². The maximum atomic E-state index is 4.70. The fourth-order valence-electron chi connectivity index (χ4n) is 2.71. The van der Waals surface area contributed by atoms with Crippen LogP contribution >= 0.6 is 11.3 Å². The maximum Gasteiger partial charge on any atom is 0.165 e. The average molecular weight is 365 g/mol. The number of thiazole rings is 1. The summed E-state index contributed by atoms with van der Waals surface area (Å²) in [6.07, 6.45) is 7.42. The molecule has 4 aromatic rings. The van der Waals surface area contributed by atoms with Crippen LogP contribution in [0.3, 0.4) is 0 Å². The Labute approximate surface area is 155 Å². The first kappa shape index (κ1) is 16.6. The van der Waals surface area contributed by atoms with E-state index in [4.69, 9.17) is 4.98 Å². The first-order valence-corrected chi connectivity index (χ1v) is 9.40. The molecule has 4 rings (SSSR count). The van der Waals surface area contributed by atoms with Crippen LogP contribution in [-0.2, 0) is 20.0 Å². The summed E-state index contributed by atoms with van der Waals surface area (Å²) in [5, 5.41) is 11.9. The van der Waals surface area contributed by atoms with E-state index in [-0.39, 0.29) is 0 Å². The van der Waals surface area contributed by atoms with E-state index in [1.165, 1.54) is 5.01 Å². The minimum absolute atomic E-state index is 0.619. The molecule has 0 spiro atoms. The van der Waals surface area contributed by atoms with Gasteiger partial charge in [-0.1, -0.05) is 6.92 Å². The van der Waals surface area contributed by atoms with E-state index in [0.717, 1.165) is 41.0 Å². The Morgan fingerprint density at radius 2 is 2.12 bits per heavy atom. The predicted molar refractivity (Wildman–Crippen MR) is 103 cm³/mol. The van der Waals surface area contributed by atoms with Crippen LogP contribution in [0.5, 0.6) is 0 Å². The lowest BCUT2D eigenvalue weighted by Gasteiger charge is -2.08. The van der Waals surface area contributed by atoms with Gasteiger partial charge in [0.1, 0.15) is 5.82 Å². The normalized spacial score (nSPS) is 11.2. The number of aryl methyl sites for hydroxylation is 2. The summed E-state index contributed by atoms with van der Waals surface area (Å²) >= 11 is 1.71. The van der Waals surface area contributed by atoms with E-state index in [0.29, 0.717) is 12.4 Å². The molecule has 0 saturated heterocycles. The second kappa shape index (κ2) is 7.17. The van der Waals surface area contributed by atoms with Gasteiger partial charge in [-0.2, -0.15) is 5.10 Å². The van der Waals surface area contributed by atoms with Crippen molar-refractivity contribution in [3.63, 3.8) is 0 Å². The summed E-state index contributed by atoms with van der Waals surface area (Å²) in [5.74, 6) is 1.38. The zero-order chi connectivity index (χ0) is 17.9. The third-order valence-electron chi connectivity index (χ3n) is 4.01. The highest BCUT2D eigenvalue weighted by atomic mass is 32.1. The van der Waals surface area contributed by atoms with Crippen molar-refractivity contribution < 1.29 is 0 Å². The van der Waals surface area contributed by atoms with Crippen LogP contribution in [0.2, 0.25) is 0 Å². The molecule has 1 N–H and O–H groups in total. The number of hydrogen-bond donors (Lipinski definition) is 1.